The van der Waals surface area contributed by atoms with Gasteiger partial charge in [0.1, 0.15) is 17.6 Å². The van der Waals surface area contributed by atoms with Gasteiger partial charge in [-0.15, -0.1) is 0 Å². The molecule has 1 fully saturated rings. The maximum Gasteiger partial charge on any atom is 0.326 e. The predicted octanol–water partition coefficient (Wildman–Crippen LogP) is 2.92. The monoisotopic (exact) mass is 411 g/mol. The second-order valence-electron chi connectivity index (χ2n) is 7.72. The molecule has 0 spiro atoms. The van der Waals surface area contributed by atoms with Gasteiger partial charge in [-0.25, -0.2) is 4.98 Å². The van der Waals surface area contributed by atoms with Crippen molar-refractivity contribution in [2.75, 3.05) is 6.61 Å². The lowest BCUT2D eigenvalue weighted by Crippen LogP contribution is -2.38. The molecule has 1 N–H and O–H groups in total. The summed E-state index contributed by atoms with van der Waals surface area (Å²) in [5.41, 5.74) is 0.641. The third-order valence-corrected chi connectivity index (χ3v) is 5.48. The SMILES string of the molecule is O=C(COC(=O)Cn1cnc2c(oc3ccccc32)c1=O)NC1CCCCCCC1. The maximum absolute atomic E-state index is 12.6. The van der Waals surface area contributed by atoms with Crippen molar-refractivity contribution < 1.29 is 18.7 Å². The zero-order chi connectivity index (χ0) is 20.9. The first kappa shape index (κ1) is 20.1. The van der Waals surface area contributed by atoms with Gasteiger partial charge >= 0.3 is 5.97 Å². The Bertz CT molecular complexity index is 1110. The number of amides is 1. The summed E-state index contributed by atoms with van der Waals surface area (Å²) in [5, 5.41) is 3.69. The van der Waals surface area contributed by atoms with Gasteiger partial charge in [0.15, 0.2) is 6.61 Å². The molecule has 0 atom stereocenters. The zero-order valence-corrected chi connectivity index (χ0v) is 16.8. The van der Waals surface area contributed by atoms with Crippen LogP contribution >= 0.6 is 0 Å². The molecule has 30 heavy (non-hydrogen) atoms. The minimum Gasteiger partial charge on any atom is -0.454 e. The average molecular weight is 411 g/mol. The van der Waals surface area contributed by atoms with Crippen LogP contribution in [0.15, 0.2) is 39.8 Å². The number of nitrogens with one attached hydrogen (secondary N) is 1. The van der Waals surface area contributed by atoms with E-state index in [9.17, 15) is 14.4 Å². The fourth-order valence-corrected chi connectivity index (χ4v) is 3.93. The second-order valence-corrected chi connectivity index (χ2v) is 7.72. The third kappa shape index (κ3) is 4.53. The molecule has 3 aromatic rings. The van der Waals surface area contributed by atoms with Gasteiger partial charge in [-0.2, -0.15) is 0 Å². The van der Waals surface area contributed by atoms with Crippen molar-refractivity contribution in [1.29, 1.82) is 0 Å². The molecule has 8 nitrogen and oxygen atoms in total. The molecule has 1 saturated carbocycles. The number of furan rings is 1. The van der Waals surface area contributed by atoms with Crippen molar-refractivity contribution in [1.82, 2.24) is 14.9 Å². The molecule has 1 amide bonds. The minimum atomic E-state index is -0.679. The number of aromatic nitrogens is 2. The first-order chi connectivity index (χ1) is 14.6. The fraction of sp³-hybridized carbons (Fsp3) is 0.455. The number of hydrogen-bond acceptors (Lipinski definition) is 6. The second kappa shape index (κ2) is 9.11. The Morgan fingerprint density at radius 1 is 1.13 bits per heavy atom. The van der Waals surface area contributed by atoms with Crippen LogP contribution in [0.1, 0.15) is 44.9 Å². The highest BCUT2D eigenvalue weighted by molar-refractivity contribution is 6.01. The highest BCUT2D eigenvalue weighted by Gasteiger charge is 2.17. The first-order valence-corrected chi connectivity index (χ1v) is 10.4. The Hall–Kier alpha value is -3.16. The molecule has 0 aliphatic heterocycles. The molecular weight excluding hydrogens is 386 g/mol. The summed E-state index contributed by atoms with van der Waals surface area (Å²) >= 11 is 0. The van der Waals surface area contributed by atoms with Crippen LogP contribution in [0.3, 0.4) is 0 Å². The van der Waals surface area contributed by atoms with Crippen molar-refractivity contribution >= 4 is 33.9 Å². The molecule has 0 bridgehead atoms. The average Bonchev–Trinajstić information content (AvgIpc) is 3.10. The molecule has 158 valence electrons. The molecule has 0 saturated heterocycles. The lowest BCUT2D eigenvalue weighted by molar-refractivity contribution is -0.149. The summed E-state index contributed by atoms with van der Waals surface area (Å²) in [4.78, 5) is 41.2. The van der Waals surface area contributed by atoms with Gasteiger partial charge in [-0.1, -0.05) is 44.2 Å². The zero-order valence-electron chi connectivity index (χ0n) is 16.8. The van der Waals surface area contributed by atoms with Crippen LogP contribution in [0.5, 0.6) is 0 Å². The number of hydrogen-bond donors (Lipinski definition) is 1. The number of nitrogens with zero attached hydrogens (tertiary/aromatic N) is 2. The Balaban J connectivity index is 1.35. The summed E-state index contributed by atoms with van der Waals surface area (Å²) in [7, 11) is 0. The number of benzene rings is 1. The Labute approximate surface area is 173 Å². The topological polar surface area (TPSA) is 103 Å². The molecule has 8 heteroatoms. The summed E-state index contributed by atoms with van der Waals surface area (Å²) in [5.74, 6) is -0.991. The van der Waals surface area contributed by atoms with Crippen molar-refractivity contribution in [2.24, 2.45) is 0 Å². The number of ether oxygens (including phenoxy) is 1. The minimum absolute atomic E-state index is 0.0912. The third-order valence-electron chi connectivity index (χ3n) is 5.48. The molecule has 0 unspecified atom stereocenters. The molecule has 1 aliphatic rings. The maximum atomic E-state index is 12.6. The molecule has 0 radical (unpaired) electrons. The number of rotatable bonds is 5. The smallest absolute Gasteiger partial charge is 0.326 e. The van der Waals surface area contributed by atoms with Crippen LogP contribution < -0.4 is 10.9 Å². The van der Waals surface area contributed by atoms with Gasteiger partial charge in [-0.05, 0) is 25.0 Å². The van der Waals surface area contributed by atoms with E-state index in [1.165, 1.54) is 25.6 Å². The molecule has 4 rings (SSSR count). The van der Waals surface area contributed by atoms with Crippen molar-refractivity contribution in [3.05, 3.63) is 40.9 Å². The Kier molecular flexibility index (Phi) is 6.11. The number of carbonyl (C=O) groups is 2. The van der Waals surface area contributed by atoms with Crippen LogP contribution in [0.4, 0.5) is 0 Å². The number of para-hydroxylation sites is 1. The quantitative estimate of drug-likeness (QED) is 0.648. The van der Waals surface area contributed by atoms with E-state index in [0.29, 0.717) is 11.1 Å². The summed E-state index contributed by atoms with van der Waals surface area (Å²) < 4.78 is 11.8. The molecule has 1 aromatic carbocycles. The molecule has 2 aromatic heterocycles. The van der Waals surface area contributed by atoms with Crippen LogP contribution in [0.2, 0.25) is 0 Å². The highest BCUT2D eigenvalue weighted by Crippen LogP contribution is 2.24. The molecule has 2 heterocycles. The molecule has 1 aliphatic carbocycles. The van der Waals surface area contributed by atoms with Gasteiger partial charge in [0.25, 0.3) is 11.5 Å². The normalized spacial score (nSPS) is 15.6. The van der Waals surface area contributed by atoms with Crippen molar-refractivity contribution in [2.45, 2.75) is 57.5 Å². The van der Waals surface area contributed by atoms with E-state index in [1.807, 2.05) is 18.2 Å². The van der Waals surface area contributed by atoms with E-state index in [1.54, 1.807) is 6.07 Å². The van der Waals surface area contributed by atoms with E-state index in [4.69, 9.17) is 9.15 Å². The van der Waals surface area contributed by atoms with E-state index < -0.39 is 11.5 Å². The fourth-order valence-electron chi connectivity index (χ4n) is 3.93. The first-order valence-electron chi connectivity index (χ1n) is 10.4. The predicted molar refractivity (Wildman–Crippen MR) is 111 cm³/mol. The van der Waals surface area contributed by atoms with E-state index >= 15 is 0 Å². The number of carbonyl (C=O) groups excluding carboxylic acids is 2. The summed E-state index contributed by atoms with van der Waals surface area (Å²) in [6.07, 6.45) is 9.06. The number of fused-ring (bicyclic) bond motifs is 3. The van der Waals surface area contributed by atoms with Crippen LogP contribution in [0.25, 0.3) is 22.1 Å². The van der Waals surface area contributed by atoms with Gasteiger partial charge in [0, 0.05) is 11.4 Å². The number of esters is 1. The van der Waals surface area contributed by atoms with Crippen molar-refractivity contribution in [3.8, 4) is 0 Å². The van der Waals surface area contributed by atoms with E-state index in [0.717, 1.165) is 35.6 Å². The van der Waals surface area contributed by atoms with Crippen LogP contribution in [0, 0.1) is 0 Å². The van der Waals surface area contributed by atoms with Crippen LogP contribution in [-0.2, 0) is 20.9 Å². The van der Waals surface area contributed by atoms with Crippen molar-refractivity contribution in [3.63, 3.8) is 0 Å². The Morgan fingerprint density at radius 2 is 1.87 bits per heavy atom. The van der Waals surface area contributed by atoms with Gasteiger partial charge < -0.3 is 14.5 Å². The lowest BCUT2D eigenvalue weighted by Gasteiger charge is -2.20. The van der Waals surface area contributed by atoms with E-state index in [-0.39, 0.29) is 30.7 Å². The lowest BCUT2D eigenvalue weighted by atomic mass is 9.97. The van der Waals surface area contributed by atoms with Gasteiger partial charge in [-0.3, -0.25) is 19.0 Å². The Morgan fingerprint density at radius 3 is 2.67 bits per heavy atom. The highest BCUT2D eigenvalue weighted by atomic mass is 16.5. The summed E-state index contributed by atoms with van der Waals surface area (Å²) in [6.45, 7) is -0.695. The van der Waals surface area contributed by atoms with Gasteiger partial charge in [0.2, 0.25) is 5.58 Å². The van der Waals surface area contributed by atoms with Crippen LogP contribution in [-0.4, -0.2) is 34.1 Å². The largest absolute Gasteiger partial charge is 0.454 e. The van der Waals surface area contributed by atoms with Gasteiger partial charge in [0.05, 0.1) is 6.33 Å². The standard InChI is InChI=1S/C22H25N3O5/c26-18(24-15-8-4-2-1-3-5-9-15)13-29-19(27)12-25-14-23-20-16-10-6-7-11-17(16)30-21(20)22(25)28/h6-7,10-11,14-15H,1-5,8-9,12-13H2,(H,24,26). The molecular formula is C22H25N3O5. The summed E-state index contributed by atoms with van der Waals surface area (Å²) in [6, 6.07) is 7.36. The van der Waals surface area contributed by atoms with E-state index in [2.05, 4.69) is 10.3 Å².